The van der Waals surface area contributed by atoms with E-state index in [4.69, 9.17) is 9.47 Å². The van der Waals surface area contributed by atoms with Crippen LogP contribution < -0.4 is 14.4 Å². The molecule has 0 bridgehead atoms. The number of anilines is 1. The van der Waals surface area contributed by atoms with Gasteiger partial charge in [-0.2, -0.15) is 0 Å². The van der Waals surface area contributed by atoms with Crippen molar-refractivity contribution in [3.63, 3.8) is 0 Å². The Labute approximate surface area is 200 Å². The van der Waals surface area contributed by atoms with Crippen molar-refractivity contribution >= 4 is 33.9 Å². The summed E-state index contributed by atoms with van der Waals surface area (Å²) in [5, 5.41) is 21.6. The van der Waals surface area contributed by atoms with Gasteiger partial charge in [0, 0.05) is 10.4 Å². The molecule has 2 aromatic carbocycles. The lowest BCUT2D eigenvalue weighted by atomic mass is 9.95. The monoisotopic (exact) mass is 480 g/mol. The Hall–Kier alpha value is -3.85. The predicted octanol–water partition coefficient (Wildman–Crippen LogP) is 4.50. The maximum Gasteiger partial charge on any atom is 0.301 e. The smallest absolute Gasteiger partial charge is 0.301 e. The number of aromatic hydroxyl groups is 1. The van der Waals surface area contributed by atoms with Crippen molar-refractivity contribution in [3.8, 4) is 17.2 Å². The van der Waals surface area contributed by atoms with Gasteiger partial charge in [-0.3, -0.25) is 14.5 Å². The van der Waals surface area contributed by atoms with Gasteiger partial charge in [0.25, 0.3) is 5.78 Å². The zero-order chi connectivity index (χ0) is 24.6. The van der Waals surface area contributed by atoms with Crippen LogP contribution in [-0.4, -0.2) is 40.6 Å². The van der Waals surface area contributed by atoms with Crippen LogP contribution in [0.15, 0.2) is 48.0 Å². The molecule has 1 saturated heterocycles. The van der Waals surface area contributed by atoms with Crippen LogP contribution in [0, 0.1) is 13.8 Å². The van der Waals surface area contributed by atoms with Crippen molar-refractivity contribution in [1.82, 2.24) is 4.98 Å². The second kappa shape index (κ2) is 9.18. The number of thiazole rings is 1. The van der Waals surface area contributed by atoms with Crippen molar-refractivity contribution in [2.75, 3.05) is 18.6 Å². The SMILES string of the molecule is CCOc1ccc(C(O)=C2C(=O)C(=O)N(c3nc(C)c(C)s3)[C@@H]2c2ccc(O)c(OC)c2)cc1. The summed E-state index contributed by atoms with van der Waals surface area (Å²) in [6, 6.07) is 10.2. The quantitative estimate of drug-likeness (QED) is 0.304. The lowest BCUT2D eigenvalue weighted by molar-refractivity contribution is -0.132. The number of methoxy groups -OCH3 is 1. The number of benzene rings is 2. The average Bonchev–Trinajstić information content (AvgIpc) is 3.29. The number of aromatic nitrogens is 1. The third-order valence-electron chi connectivity index (χ3n) is 5.63. The van der Waals surface area contributed by atoms with Gasteiger partial charge in [-0.05, 0) is 62.7 Å². The zero-order valence-corrected chi connectivity index (χ0v) is 20.0. The number of phenolic OH excluding ortho intramolecular Hbond substituents is 1. The fourth-order valence-electron chi connectivity index (χ4n) is 3.80. The number of hydrogen-bond acceptors (Lipinski definition) is 8. The minimum Gasteiger partial charge on any atom is -0.507 e. The van der Waals surface area contributed by atoms with E-state index < -0.39 is 17.7 Å². The first kappa shape index (κ1) is 23.3. The van der Waals surface area contributed by atoms with Gasteiger partial charge in [0.1, 0.15) is 11.5 Å². The van der Waals surface area contributed by atoms with E-state index in [0.29, 0.717) is 28.6 Å². The van der Waals surface area contributed by atoms with Crippen LogP contribution in [0.2, 0.25) is 0 Å². The van der Waals surface area contributed by atoms with Crippen molar-refractivity contribution in [1.29, 1.82) is 0 Å². The Bertz CT molecular complexity index is 1280. The predicted molar refractivity (Wildman–Crippen MR) is 129 cm³/mol. The molecule has 0 aliphatic carbocycles. The number of amides is 1. The second-order valence-corrected chi connectivity index (χ2v) is 8.88. The molecule has 1 aromatic heterocycles. The Morgan fingerprint density at radius 1 is 1.15 bits per heavy atom. The molecule has 1 aliphatic rings. The fourth-order valence-corrected chi connectivity index (χ4v) is 4.74. The molecule has 9 heteroatoms. The van der Waals surface area contributed by atoms with Gasteiger partial charge >= 0.3 is 5.91 Å². The maximum absolute atomic E-state index is 13.2. The Kier molecular flexibility index (Phi) is 6.30. The molecule has 8 nitrogen and oxygen atoms in total. The molecule has 0 radical (unpaired) electrons. The van der Waals surface area contributed by atoms with Crippen LogP contribution in [0.3, 0.4) is 0 Å². The van der Waals surface area contributed by atoms with Gasteiger partial charge < -0.3 is 19.7 Å². The summed E-state index contributed by atoms with van der Waals surface area (Å²) >= 11 is 1.29. The molecule has 2 N–H and O–H groups in total. The standard InChI is InChI=1S/C25H24N2O6S/c1-5-33-17-9-6-15(7-10-17)22(29)20-21(16-8-11-18(28)19(12-16)32-4)27(24(31)23(20)30)25-26-13(2)14(3)34-25/h6-12,21,28-29H,5H2,1-4H3/t21-/m1/s1. The van der Waals surface area contributed by atoms with E-state index in [9.17, 15) is 19.8 Å². The number of hydrogen-bond donors (Lipinski definition) is 2. The summed E-state index contributed by atoms with van der Waals surface area (Å²) in [5.74, 6) is -1.22. The molecule has 4 rings (SSSR count). The number of rotatable bonds is 6. The summed E-state index contributed by atoms with van der Waals surface area (Å²) in [7, 11) is 1.41. The highest BCUT2D eigenvalue weighted by molar-refractivity contribution is 7.16. The molecule has 2 heterocycles. The lowest BCUT2D eigenvalue weighted by Gasteiger charge is -2.23. The van der Waals surface area contributed by atoms with Gasteiger partial charge in [-0.1, -0.05) is 6.07 Å². The van der Waals surface area contributed by atoms with Crippen LogP contribution in [0.1, 0.15) is 34.7 Å². The molecular weight excluding hydrogens is 456 g/mol. The third-order valence-corrected chi connectivity index (χ3v) is 6.70. The number of carbonyl (C=O) groups excluding carboxylic acids is 2. The van der Waals surface area contributed by atoms with Gasteiger partial charge in [-0.15, -0.1) is 11.3 Å². The Morgan fingerprint density at radius 3 is 2.44 bits per heavy atom. The highest BCUT2D eigenvalue weighted by Crippen LogP contribution is 2.45. The topological polar surface area (TPSA) is 109 Å². The number of phenols is 1. The summed E-state index contributed by atoms with van der Waals surface area (Å²) in [4.78, 5) is 33.1. The highest BCUT2D eigenvalue weighted by Gasteiger charge is 2.48. The molecule has 1 amide bonds. The molecule has 0 spiro atoms. The van der Waals surface area contributed by atoms with E-state index in [1.807, 2.05) is 20.8 Å². The number of aliphatic hydroxyl groups is 1. The van der Waals surface area contributed by atoms with E-state index in [-0.39, 0.29) is 22.8 Å². The largest absolute Gasteiger partial charge is 0.507 e. The van der Waals surface area contributed by atoms with Crippen molar-refractivity contribution < 1.29 is 29.3 Å². The van der Waals surface area contributed by atoms with E-state index in [2.05, 4.69) is 4.98 Å². The number of aliphatic hydroxyl groups excluding tert-OH is 1. The Balaban J connectivity index is 1.92. The number of nitrogens with zero attached hydrogens (tertiary/aromatic N) is 2. The minimum absolute atomic E-state index is 0.0765. The number of ketones is 1. The van der Waals surface area contributed by atoms with Gasteiger partial charge in [0.2, 0.25) is 0 Å². The molecule has 1 fully saturated rings. The van der Waals surface area contributed by atoms with Gasteiger partial charge in [-0.25, -0.2) is 4.98 Å². The van der Waals surface area contributed by atoms with E-state index in [1.54, 1.807) is 30.3 Å². The van der Waals surface area contributed by atoms with E-state index in [0.717, 1.165) is 10.6 Å². The number of carbonyl (C=O) groups is 2. The van der Waals surface area contributed by atoms with E-state index in [1.165, 1.54) is 35.5 Å². The van der Waals surface area contributed by atoms with Crippen LogP contribution in [0.4, 0.5) is 5.13 Å². The Morgan fingerprint density at radius 2 is 1.85 bits per heavy atom. The highest BCUT2D eigenvalue weighted by atomic mass is 32.1. The first-order chi connectivity index (χ1) is 16.3. The molecule has 1 atom stereocenters. The first-order valence-corrected chi connectivity index (χ1v) is 11.4. The molecule has 3 aromatic rings. The van der Waals surface area contributed by atoms with Crippen LogP contribution in [-0.2, 0) is 9.59 Å². The summed E-state index contributed by atoms with van der Waals surface area (Å²) in [5.41, 5.74) is 1.51. The zero-order valence-electron chi connectivity index (χ0n) is 19.2. The molecule has 176 valence electrons. The summed E-state index contributed by atoms with van der Waals surface area (Å²) in [6.45, 7) is 6.06. The lowest BCUT2D eigenvalue weighted by Crippen LogP contribution is -2.29. The van der Waals surface area contributed by atoms with Crippen molar-refractivity contribution in [2.45, 2.75) is 26.8 Å². The maximum atomic E-state index is 13.2. The molecule has 0 saturated carbocycles. The average molecular weight is 481 g/mol. The molecule has 1 aliphatic heterocycles. The van der Waals surface area contributed by atoms with Crippen LogP contribution in [0.5, 0.6) is 17.2 Å². The van der Waals surface area contributed by atoms with Crippen molar-refractivity contribution in [2.24, 2.45) is 0 Å². The van der Waals surface area contributed by atoms with Crippen LogP contribution in [0.25, 0.3) is 5.76 Å². The third kappa shape index (κ3) is 3.99. The number of Topliss-reactive ketones (excluding diaryl/α,β-unsaturated/α-hetero) is 1. The normalized spacial score (nSPS) is 17.3. The molecule has 34 heavy (non-hydrogen) atoms. The van der Waals surface area contributed by atoms with Crippen LogP contribution >= 0.6 is 11.3 Å². The summed E-state index contributed by atoms with van der Waals surface area (Å²) in [6.07, 6.45) is 0. The number of aryl methyl sites for hydroxylation is 2. The first-order valence-electron chi connectivity index (χ1n) is 10.6. The number of ether oxygens (including phenoxy) is 2. The second-order valence-electron chi connectivity index (χ2n) is 7.70. The molecular formula is C25H24N2O6S. The molecule has 0 unspecified atom stereocenters. The minimum atomic E-state index is -0.967. The van der Waals surface area contributed by atoms with Crippen molar-refractivity contribution in [3.05, 3.63) is 69.7 Å². The van der Waals surface area contributed by atoms with E-state index >= 15 is 0 Å². The van der Waals surface area contributed by atoms with Gasteiger partial charge in [0.05, 0.1) is 31.0 Å². The van der Waals surface area contributed by atoms with Gasteiger partial charge in [0.15, 0.2) is 16.6 Å². The fraction of sp³-hybridized carbons (Fsp3) is 0.240. The summed E-state index contributed by atoms with van der Waals surface area (Å²) < 4.78 is 10.7.